The molecule has 2 rings (SSSR count). The summed E-state index contributed by atoms with van der Waals surface area (Å²) in [7, 11) is 1.98. The normalized spacial score (nSPS) is 21.0. The third-order valence-corrected chi connectivity index (χ3v) is 3.67. The van der Waals surface area contributed by atoms with Gasteiger partial charge < -0.3 is 9.73 Å². The van der Waals surface area contributed by atoms with Gasteiger partial charge in [-0.2, -0.15) is 0 Å². The Labute approximate surface area is 110 Å². The van der Waals surface area contributed by atoms with Crippen LogP contribution in [0.5, 0.6) is 0 Å². The predicted molar refractivity (Wildman–Crippen MR) is 72.6 cm³/mol. The molecule has 1 N–H and O–H groups in total. The first kappa shape index (κ1) is 13.6. The molecular formula is C14H25N3O. The lowest BCUT2D eigenvalue weighted by Gasteiger charge is -2.25. The maximum absolute atomic E-state index is 5.69. The summed E-state index contributed by atoms with van der Waals surface area (Å²) >= 11 is 0. The lowest BCUT2D eigenvalue weighted by molar-refractivity contribution is 0.179. The zero-order valence-corrected chi connectivity index (χ0v) is 11.8. The molecule has 102 valence electrons. The lowest BCUT2D eigenvalue weighted by atomic mass is 10.2. The summed E-state index contributed by atoms with van der Waals surface area (Å²) in [6.07, 6.45) is 6.37. The third-order valence-electron chi connectivity index (χ3n) is 3.67. The van der Waals surface area contributed by atoms with Gasteiger partial charge >= 0.3 is 0 Å². The minimum atomic E-state index is 0.392. The first-order chi connectivity index (χ1) is 8.72. The van der Waals surface area contributed by atoms with Crippen LogP contribution < -0.4 is 5.32 Å². The third kappa shape index (κ3) is 3.12. The molecule has 0 bridgehead atoms. The van der Waals surface area contributed by atoms with E-state index in [0.29, 0.717) is 12.1 Å². The summed E-state index contributed by atoms with van der Waals surface area (Å²) in [5.41, 5.74) is 1.09. The minimum Gasteiger partial charge on any atom is -0.447 e. The highest BCUT2D eigenvalue weighted by Gasteiger charge is 2.31. The highest BCUT2D eigenvalue weighted by molar-refractivity contribution is 5.03. The van der Waals surface area contributed by atoms with Crippen molar-refractivity contribution in [3.8, 4) is 0 Å². The van der Waals surface area contributed by atoms with Crippen LogP contribution in [0, 0.1) is 0 Å². The van der Waals surface area contributed by atoms with Gasteiger partial charge in [0.1, 0.15) is 6.26 Å². The van der Waals surface area contributed by atoms with E-state index in [1.165, 1.54) is 19.4 Å². The van der Waals surface area contributed by atoms with Crippen LogP contribution in [0.25, 0.3) is 0 Å². The summed E-state index contributed by atoms with van der Waals surface area (Å²) in [5.74, 6) is 0.917. The van der Waals surface area contributed by atoms with Crippen molar-refractivity contribution < 1.29 is 4.42 Å². The van der Waals surface area contributed by atoms with E-state index < -0.39 is 0 Å². The molecule has 0 amide bonds. The summed E-state index contributed by atoms with van der Waals surface area (Å²) in [4.78, 5) is 7.15. The molecule has 0 radical (unpaired) electrons. The number of hydrogen-bond acceptors (Lipinski definition) is 4. The molecule has 1 saturated heterocycles. The number of oxazole rings is 1. The Morgan fingerprint density at radius 1 is 1.56 bits per heavy atom. The number of nitrogens with zero attached hydrogens (tertiary/aromatic N) is 2. The van der Waals surface area contributed by atoms with Crippen molar-refractivity contribution in [1.82, 2.24) is 15.2 Å². The largest absolute Gasteiger partial charge is 0.447 e. The highest BCUT2D eigenvalue weighted by Crippen LogP contribution is 2.32. The Balaban J connectivity index is 1.96. The standard InChI is InChI=1S/C14H25N3O/c1-11(2)17-9-5-7-13(17)14-16-12(10-18-14)6-4-8-15-3/h10-11,13,15H,4-9H2,1-3H3. The molecule has 0 saturated carbocycles. The van der Waals surface area contributed by atoms with E-state index in [4.69, 9.17) is 4.42 Å². The molecule has 0 spiro atoms. The Bertz CT molecular complexity index is 362. The van der Waals surface area contributed by atoms with Crippen molar-refractivity contribution in [1.29, 1.82) is 0 Å². The van der Waals surface area contributed by atoms with Gasteiger partial charge in [-0.05, 0) is 59.7 Å². The van der Waals surface area contributed by atoms with Crippen molar-refractivity contribution in [3.63, 3.8) is 0 Å². The van der Waals surface area contributed by atoms with E-state index in [0.717, 1.165) is 31.0 Å². The lowest BCUT2D eigenvalue weighted by Crippen LogP contribution is -2.30. The molecule has 1 unspecified atom stereocenters. The maximum Gasteiger partial charge on any atom is 0.211 e. The summed E-state index contributed by atoms with van der Waals surface area (Å²) < 4.78 is 5.69. The first-order valence-corrected chi connectivity index (χ1v) is 7.07. The summed E-state index contributed by atoms with van der Waals surface area (Å²) in [6.45, 7) is 6.69. The van der Waals surface area contributed by atoms with Gasteiger partial charge in [0.05, 0.1) is 11.7 Å². The van der Waals surface area contributed by atoms with E-state index >= 15 is 0 Å². The van der Waals surface area contributed by atoms with Gasteiger partial charge in [0.15, 0.2) is 0 Å². The monoisotopic (exact) mass is 251 g/mol. The van der Waals surface area contributed by atoms with E-state index in [2.05, 4.69) is 29.0 Å². The molecule has 1 aliphatic rings. The van der Waals surface area contributed by atoms with Crippen LogP contribution in [0.4, 0.5) is 0 Å². The summed E-state index contributed by atoms with van der Waals surface area (Å²) in [5, 5.41) is 3.16. The number of likely N-dealkylation sites (tertiary alicyclic amines) is 1. The molecule has 1 fully saturated rings. The SMILES string of the molecule is CNCCCc1coc(C2CCCN2C(C)C)n1. The minimum absolute atomic E-state index is 0.392. The number of aryl methyl sites for hydroxylation is 1. The number of hydrogen-bond donors (Lipinski definition) is 1. The van der Waals surface area contributed by atoms with Gasteiger partial charge in [-0.25, -0.2) is 4.98 Å². The average molecular weight is 251 g/mol. The Kier molecular flexibility index (Phi) is 4.78. The zero-order valence-electron chi connectivity index (χ0n) is 11.8. The second-order valence-electron chi connectivity index (χ2n) is 5.37. The fourth-order valence-electron chi connectivity index (χ4n) is 2.71. The molecule has 0 aromatic carbocycles. The average Bonchev–Trinajstić information content (AvgIpc) is 2.96. The second-order valence-corrected chi connectivity index (χ2v) is 5.37. The molecule has 4 nitrogen and oxygen atoms in total. The molecule has 1 aromatic heterocycles. The van der Waals surface area contributed by atoms with Gasteiger partial charge in [-0.3, -0.25) is 4.90 Å². The van der Waals surface area contributed by atoms with Crippen LogP contribution >= 0.6 is 0 Å². The van der Waals surface area contributed by atoms with Gasteiger partial charge in [0, 0.05) is 6.04 Å². The first-order valence-electron chi connectivity index (χ1n) is 7.07. The topological polar surface area (TPSA) is 41.3 Å². The Hall–Kier alpha value is -0.870. The van der Waals surface area contributed by atoms with Crippen molar-refractivity contribution in [2.45, 2.75) is 51.6 Å². The quantitative estimate of drug-likeness (QED) is 0.788. The smallest absolute Gasteiger partial charge is 0.211 e. The zero-order chi connectivity index (χ0) is 13.0. The Morgan fingerprint density at radius 2 is 2.39 bits per heavy atom. The van der Waals surface area contributed by atoms with Crippen LogP contribution in [-0.4, -0.2) is 36.1 Å². The molecule has 1 atom stereocenters. The van der Waals surface area contributed by atoms with E-state index in [1.54, 1.807) is 0 Å². The number of rotatable bonds is 6. The van der Waals surface area contributed by atoms with Crippen molar-refractivity contribution >= 4 is 0 Å². The number of nitrogens with one attached hydrogen (secondary N) is 1. The van der Waals surface area contributed by atoms with E-state index in [1.807, 2.05) is 13.3 Å². The van der Waals surface area contributed by atoms with Crippen molar-refractivity contribution in [2.75, 3.05) is 20.1 Å². The van der Waals surface area contributed by atoms with Crippen LogP contribution in [0.15, 0.2) is 10.7 Å². The van der Waals surface area contributed by atoms with Gasteiger partial charge in [-0.1, -0.05) is 0 Å². The van der Waals surface area contributed by atoms with Gasteiger partial charge in [-0.15, -0.1) is 0 Å². The van der Waals surface area contributed by atoms with E-state index in [9.17, 15) is 0 Å². The van der Waals surface area contributed by atoms with E-state index in [-0.39, 0.29) is 0 Å². The number of aromatic nitrogens is 1. The maximum atomic E-state index is 5.69. The van der Waals surface area contributed by atoms with Crippen molar-refractivity contribution in [2.24, 2.45) is 0 Å². The molecule has 0 aliphatic carbocycles. The van der Waals surface area contributed by atoms with Gasteiger partial charge in [0.25, 0.3) is 0 Å². The predicted octanol–water partition coefficient (Wildman–Crippen LogP) is 2.37. The second kappa shape index (κ2) is 6.34. The Morgan fingerprint density at radius 3 is 3.11 bits per heavy atom. The van der Waals surface area contributed by atoms with Crippen LogP contribution in [-0.2, 0) is 6.42 Å². The van der Waals surface area contributed by atoms with Crippen LogP contribution in [0.1, 0.15) is 50.7 Å². The molecular weight excluding hydrogens is 226 g/mol. The van der Waals surface area contributed by atoms with Crippen LogP contribution in [0.2, 0.25) is 0 Å². The fourth-order valence-corrected chi connectivity index (χ4v) is 2.71. The van der Waals surface area contributed by atoms with Gasteiger partial charge in [0.2, 0.25) is 5.89 Å². The molecule has 1 aliphatic heterocycles. The fraction of sp³-hybridized carbons (Fsp3) is 0.786. The van der Waals surface area contributed by atoms with Crippen molar-refractivity contribution in [3.05, 3.63) is 17.8 Å². The molecule has 1 aromatic rings. The molecule has 4 heteroatoms. The summed E-state index contributed by atoms with van der Waals surface area (Å²) in [6, 6.07) is 0.959. The highest BCUT2D eigenvalue weighted by atomic mass is 16.3. The van der Waals surface area contributed by atoms with Crippen LogP contribution in [0.3, 0.4) is 0 Å². The molecule has 2 heterocycles. The molecule has 18 heavy (non-hydrogen) atoms.